The molecule has 1 fully saturated rings. The van der Waals surface area contributed by atoms with Crippen LogP contribution in [0.1, 0.15) is 36.5 Å². The SMILES string of the molecule is COc1cccc(CN2CCN(C(=O)/C=C/c3ccc(C(C)C)cc3)CC2)c1. The van der Waals surface area contributed by atoms with Gasteiger partial charge in [-0.3, -0.25) is 9.69 Å². The van der Waals surface area contributed by atoms with Crippen LogP contribution in [0.5, 0.6) is 5.75 Å². The minimum Gasteiger partial charge on any atom is -0.497 e. The van der Waals surface area contributed by atoms with Crippen molar-refractivity contribution in [2.45, 2.75) is 26.3 Å². The van der Waals surface area contributed by atoms with Gasteiger partial charge in [-0.1, -0.05) is 50.2 Å². The van der Waals surface area contributed by atoms with Crippen LogP contribution in [0.15, 0.2) is 54.6 Å². The molecule has 0 aliphatic carbocycles. The van der Waals surface area contributed by atoms with Gasteiger partial charge in [0.05, 0.1) is 7.11 Å². The van der Waals surface area contributed by atoms with E-state index in [2.05, 4.69) is 55.1 Å². The van der Waals surface area contributed by atoms with E-state index in [4.69, 9.17) is 4.74 Å². The Balaban J connectivity index is 1.49. The third-order valence-electron chi connectivity index (χ3n) is 5.25. The van der Waals surface area contributed by atoms with E-state index < -0.39 is 0 Å². The van der Waals surface area contributed by atoms with Gasteiger partial charge in [0.2, 0.25) is 5.91 Å². The number of amides is 1. The molecule has 28 heavy (non-hydrogen) atoms. The predicted molar refractivity (Wildman–Crippen MR) is 114 cm³/mol. The summed E-state index contributed by atoms with van der Waals surface area (Å²) < 4.78 is 5.29. The van der Waals surface area contributed by atoms with Crippen molar-refractivity contribution in [3.63, 3.8) is 0 Å². The first-order chi connectivity index (χ1) is 13.5. The Labute approximate surface area is 168 Å². The van der Waals surface area contributed by atoms with Crippen LogP contribution in [-0.4, -0.2) is 49.0 Å². The van der Waals surface area contributed by atoms with Crippen molar-refractivity contribution in [3.8, 4) is 5.75 Å². The van der Waals surface area contributed by atoms with Crippen molar-refractivity contribution in [3.05, 3.63) is 71.3 Å². The molecule has 0 aromatic heterocycles. The van der Waals surface area contributed by atoms with E-state index in [9.17, 15) is 4.79 Å². The van der Waals surface area contributed by atoms with Gasteiger partial charge in [-0.25, -0.2) is 0 Å². The number of benzene rings is 2. The number of nitrogens with zero attached hydrogens (tertiary/aromatic N) is 2. The van der Waals surface area contributed by atoms with Crippen LogP contribution in [0, 0.1) is 0 Å². The molecule has 4 nitrogen and oxygen atoms in total. The molecule has 0 N–H and O–H groups in total. The smallest absolute Gasteiger partial charge is 0.246 e. The van der Waals surface area contributed by atoms with Gasteiger partial charge >= 0.3 is 0 Å². The number of carbonyl (C=O) groups excluding carboxylic acids is 1. The summed E-state index contributed by atoms with van der Waals surface area (Å²) in [7, 11) is 1.69. The van der Waals surface area contributed by atoms with Gasteiger partial charge in [0, 0.05) is 38.8 Å². The number of methoxy groups -OCH3 is 1. The fourth-order valence-electron chi connectivity index (χ4n) is 3.42. The predicted octanol–water partition coefficient (Wildman–Crippen LogP) is 4.18. The van der Waals surface area contributed by atoms with Crippen molar-refractivity contribution in [2.75, 3.05) is 33.3 Å². The second-order valence-electron chi connectivity index (χ2n) is 7.61. The molecule has 1 amide bonds. The fraction of sp³-hybridized carbons (Fsp3) is 0.375. The summed E-state index contributed by atoms with van der Waals surface area (Å²) in [5, 5.41) is 0. The van der Waals surface area contributed by atoms with Gasteiger partial charge in [-0.2, -0.15) is 0 Å². The maximum absolute atomic E-state index is 12.5. The lowest BCUT2D eigenvalue weighted by Gasteiger charge is -2.34. The second kappa shape index (κ2) is 9.56. The van der Waals surface area contributed by atoms with Crippen LogP contribution in [0.4, 0.5) is 0 Å². The Morgan fingerprint density at radius 3 is 2.43 bits per heavy atom. The topological polar surface area (TPSA) is 32.8 Å². The Kier molecular flexibility index (Phi) is 6.88. The van der Waals surface area contributed by atoms with E-state index in [1.54, 1.807) is 13.2 Å². The molecule has 1 aliphatic heterocycles. The molecule has 148 valence electrons. The Hall–Kier alpha value is -2.59. The first kappa shape index (κ1) is 20.2. The second-order valence-corrected chi connectivity index (χ2v) is 7.61. The number of carbonyl (C=O) groups is 1. The van der Waals surface area contributed by atoms with Crippen LogP contribution in [0.3, 0.4) is 0 Å². The number of piperazine rings is 1. The summed E-state index contributed by atoms with van der Waals surface area (Å²) in [6, 6.07) is 16.6. The highest BCUT2D eigenvalue weighted by Gasteiger charge is 2.19. The summed E-state index contributed by atoms with van der Waals surface area (Å²) in [5.41, 5.74) is 3.62. The minimum atomic E-state index is 0.0916. The third-order valence-corrected chi connectivity index (χ3v) is 5.25. The maximum atomic E-state index is 12.5. The average Bonchev–Trinajstić information content (AvgIpc) is 2.73. The molecular weight excluding hydrogens is 348 g/mol. The summed E-state index contributed by atoms with van der Waals surface area (Å²) >= 11 is 0. The lowest BCUT2D eigenvalue weighted by atomic mass is 10.0. The average molecular weight is 379 g/mol. The van der Waals surface area contributed by atoms with Gasteiger partial charge in [0.25, 0.3) is 0 Å². The first-order valence-corrected chi connectivity index (χ1v) is 9.97. The Bertz CT molecular complexity index is 804. The molecule has 0 atom stereocenters. The molecule has 0 radical (unpaired) electrons. The van der Waals surface area contributed by atoms with Crippen molar-refractivity contribution in [1.82, 2.24) is 9.80 Å². The van der Waals surface area contributed by atoms with Crippen molar-refractivity contribution in [2.24, 2.45) is 0 Å². The lowest BCUT2D eigenvalue weighted by molar-refractivity contribution is -0.127. The lowest BCUT2D eigenvalue weighted by Crippen LogP contribution is -2.47. The standard InChI is InChI=1S/C24H30N2O2/c1-19(2)22-10-7-20(8-11-22)9-12-24(27)26-15-13-25(14-16-26)18-21-5-4-6-23(17-21)28-3/h4-12,17,19H,13-16,18H2,1-3H3/b12-9+. The number of hydrogen-bond donors (Lipinski definition) is 0. The largest absolute Gasteiger partial charge is 0.497 e. The van der Waals surface area contributed by atoms with Gasteiger partial charge in [-0.05, 0) is 40.8 Å². The number of rotatable bonds is 6. The highest BCUT2D eigenvalue weighted by Crippen LogP contribution is 2.17. The molecule has 3 rings (SSSR count). The van der Waals surface area contributed by atoms with Gasteiger partial charge in [0.15, 0.2) is 0 Å². The molecule has 0 spiro atoms. The molecule has 0 unspecified atom stereocenters. The van der Waals surface area contributed by atoms with E-state index >= 15 is 0 Å². The number of hydrogen-bond acceptors (Lipinski definition) is 3. The van der Waals surface area contributed by atoms with E-state index in [0.717, 1.165) is 44.0 Å². The molecule has 0 bridgehead atoms. The van der Waals surface area contributed by atoms with Crippen LogP contribution in [0.25, 0.3) is 6.08 Å². The van der Waals surface area contributed by atoms with Crippen molar-refractivity contribution >= 4 is 12.0 Å². The Morgan fingerprint density at radius 1 is 1.07 bits per heavy atom. The first-order valence-electron chi connectivity index (χ1n) is 9.97. The van der Waals surface area contributed by atoms with Crippen molar-refractivity contribution in [1.29, 1.82) is 0 Å². The molecule has 1 heterocycles. The van der Waals surface area contributed by atoms with Gasteiger partial charge in [-0.15, -0.1) is 0 Å². The number of ether oxygens (including phenoxy) is 1. The zero-order chi connectivity index (χ0) is 19.9. The summed E-state index contributed by atoms with van der Waals surface area (Å²) in [5.74, 6) is 1.50. The van der Waals surface area contributed by atoms with E-state index in [1.165, 1.54) is 11.1 Å². The highest BCUT2D eigenvalue weighted by molar-refractivity contribution is 5.91. The molecule has 0 saturated carbocycles. The van der Waals surface area contributed by atoms with Crippen LogP contribution in [-0.2, 0) is 11.3 Å². The van der Waals surface area contributed by atoms with Crippen LogP contribution in [0.2, 0.25) is 0 Å². The molecule has 2 aromatic carbocycles. The molecule has 4 heteroatoms. The van der Waals surface area contributed by atoms with Crippen LogP contribution < -0.4 is 4.74 Å². The quantitative estimate of drug-likeness (QED) is 0.707. The highest BCUT2D eigenvalue weighted by atomic mass is 16.5. The minimum absolute atomic E-state index is 0.0916. The molecular formula is C24H30N2O2. The van der Waals surface area contributed by atoms with E-state index in [-0.39, 0.29) is 5.91 Å². The normalized spacial score (nSPS) is 15.4. The summed E-state index contributed by atoms with van der Waals surface area (Å²) in [6.07, 6.45) is 3.61. The fourth-order valence-corrected chi connectivity index (χ4v) is 3.42. The van der Waals surface area contributed by atoms with Crippen LogP contribution >= 0.6 is 0 Å². The molecule has 1 aliphatic rings. The monoisotopic (exact) mass is 378 g/mol. The molecule has 1 saturated heterocycles. The Morgan fingerprint density at radius 2 is 1.79 bits per heavy atom. The van der Waals surface area contributed by atoms with Gasteiger partial charge < -0.3 is 9.64 Å². The third kappa shape index (κ3) is 5.46. The summed E-state index contributed by atoms with van der Waals surface area (Å²) in [6.45, 7) is 8.56. The zero-order valence-corrected chi connectivity index (χ0v) is 17.1. The van der Waals surface area contributed by atoms with E-state index in [0.29, 0.717) is 5.92 Å². The van der Waals surface area contributed by atoms with E-state index in [1.807, 2.05) is 23.1 Å². The van der Waals surface area contributed by atoms with Crippen molar-refractivity contribution < 1.29 is 9.53 Å². The summed E-state index contributed by atoms with van der Waals surface area (Å²) in [4.78, 5) is 16.8. The zero-order valence-electron chi connectivity index (χ0n) is 17.1. The molecule has 2 aromatic rings. The van der Waals surface area contributed by atoms with Gasteiger partial charge in [0.1, 0.15) is 5.75 Å². The maximum Gasteiger partial charge on any atom is 0.246 e.